The number of anilines is 1. The first-order chi connectivity index (χ1) is 11.6. The van der Waals surface area contributed by atoms with Gasteiger partial charge in [-0.15, -0.1) is 23.1 Å². The molecule has 0 aliphatic heterocycles. The Morgan fingerprint density at radius 2 is 1.83 bits per heavy atom. The van der Waals surface area contributed by atoms with Gasteiger partial charge < -0.3 is 5.32 Å². The van der Waals surface area contributed by atoms with Gasteiger partial charge in [0, 0.05) is 24.0 Å². The lowest BCUT2D eigenvalue weighted by Crippen LogP contribution is -2.40. The second kappa shape index (κ2) is 9.09. The van der Waals surface area contributed by atoms with Crippen molar-refractivity contribution in [1.29, 1.82) is 0 Å². The minimum absolute atomic E-state index is 0.158. The lowest BCUT2D eigenvalue weighted by atomic mass is 10.3. The normalized spacial score (nSPS) is 10.0. The maximum Gasteiger partial charge on any atom is 0.272 e. The predicted molar refractivity (Wildman–Crippen MR) is 96.0 cm³/mol. The van der Waals surface area contributed by atoms with Gasteiger partial charge >= 0.3 is 0 Å². The van der Waals surface area contributed by atoms with Gasteiger partial charge in [-0.25, -0.2) is 0 Å². The molecule has 0 spiro atoms. The first-order valence-electron chi connectivity index (χ1n) is 7.18. The van der Waals surface area contributed by atoms with Gasteiger partial charge in [0.1, 0.15) is 5.00 Å². The van der Waals surface area contributed by atoms with Crippen LogP contribution in [0.4, 0.5) is 5.00 Å². The number of rotatable bonds is 6. The molecule has 1 aromatic heterocycles. The van der Waals surface area contributed by atoms with E-state index in [2.05, 4.69) is 16.2 Å². The van der Waals surface area contributed by atoms with E-state index in [-0.39, 0.29) is 11.8 Å². The fourth-order valence-corrected chi connectivity index (χ4v) is 3.44. The monoisotopic (exact) mass is 363 g/mol. The van der Waals surface area contributed by atoms with Crippen molar-refractivity contribution in [2.75, 3.05) is 11.1 Å². The van der Waals surface area contributed by atoms with Crippen LogP contribution in [-0.4, -0.2) is 23.5 Å². The van der Waals surface area contributed by atoms with E-state index in [4.69, 9.17) is 0 Å². The molecule has 0 unspecified atom stereocenters. The van der Waals surface area contributed by atoms with Gasteiger partial charge in [0.05, 0.1) is 5.56 Å². The van der Waals surface area contributed by atoms with E-state index in [9.17, 15) is 14.4 Å². The van der Waals surface area contributed by atoms with Crippen LogP contribution in [0.1, 0.15) is 23.7 Å². The Morgan fingerprint density at radius 3 is 2.54 bits per heavy atom. The molecule has 6 nitrogen and oxygen atoms in total. The van der Waals surface area contributed by atoms with Gasteiger partial charge in [0.15, 0.2) is 0 Å². The Labute approximate surface area is 148 Å². The molecule has 0 aliphatic rings. The molecule has 24 heavy (non-hydrogen) atoms. The fourth-order valence-electron chi connectivity index (χ4n) is 1.76. The minimum atomic E-state index is -0.472. The number of nitrogens with one attached hydrogen (secondary N) is 3. The number of thiophene rings is 1. The Morgan fingerprint density at radius 1 is 1.08 bits per heavy atom. The van der Waals surface area contributed by atoms with Crippen molar-refractivity contribution in [3.05, 3.63) is 47.3 Å². The molecule has 0 radical (unpaired) electrons. The van der Waals surface area contributed by atoms with Crippen LogP contribution in [0.3, 0.4) is 0 Å². The van der Waals surface area contributed by atoms with Crippen LogP contribution in [0.5, 0.6) is 0 Å². The molecule has 8 heteroatoms. The van der Waals surface area contributed by atoms with Gasteiger partial charge in [-0.1, -0.05) is 18.2 Å². The molecule has 0 saturated carbocycles. The number of amides is 3. The third kappa shape index (κ3) is 5.71. The van der Waals surface area contributed by atoms with Crippen LogP contribution in [0.15, 0.2) is 46.7 Å². The van der Waals surface area contributed by atoms with Crippen LogP contribution >= 0.6 is 23.1 Å². The van der Waals surface area contributed by atoms with E-state index in [1.165, 1.54) is 18.3 Å². The summed E-state index contributed by atoms with van der Waals surface area (Å²) >= 11 is 2.86. The summed E-state index contributed by atoms with van der Waals surface area (Å²) in [5.74, 6) is -0.355. The van der Waals surface area contributed by atoms with Crippen molar-refractivity contribution in [3.8, 4) is 0 Å². The number of hydrogen-bond donors (Lipinski definition) is 3. The molecule has 2 rings (SSSR count). The number of hydrogen-bond acceptors (Lipinski definition) is 5. The topological polar surface area (TPSA) is 87.3 Å². The first-order valence-corrected chi connectivity index (χ1v) is 9.05. The van der Waals surface area contributed by atoms with Crippen molar-refractivity contribution in [2.45, 2.75) is 18.2 Å². The lowest BCUT2D eigenvalue weighted by molar-refractivity contribution is -0.119. The Kier molecular flexibility index (Phi) is 6.83. The summed E-state index contributed by atoms with van der Waals surface area (Å²) < 4.78 is 0. The standard InChI is InChI=1S/C16H17N3O3S2/c1-11(20)18-19-15(22)13-7-9-24-16(13)17-14(21)8-10-23-12-5-3-2-4-6-12/h2-7,9H,8,10H2,1H3,(H,17,21)(H,18,20)(H,19,22). The van der Waals surface area contributed by atoms with Crippen LogP contribution in [0.2, 0.25) is 0 Å². The number of hydrazine groups is 1. The van der Waals surface area contributed by atoms with Crippen molar-refractivity contribution in [2.24, 2.45) is 0 Å². The van der Waals surface area contributed by atoms with E-state index in [1.54, 1.807) is 23.2 Å². The third-order valence-corrected chi connectivity index (χ3v) is 4.70. The summed E-state index contributed by atoms with van der Waals surface area (Å²) in [4.78, 5) is 35.9. The first kappa shape index (κ1) is 18.0. The number of carbonyl (C=O) groups is 3. The SMILES string of the molecule is CC(=O)NNC(=O)c1ccsc1NC(=O)CCSc1ccccc1. The maximum absolute atomic E-state index is 12.0. The molecule has 126 valence electrons. The van der Waals surface area contributed by atoms with Crippen molar-refractivity contribution < 1.29 is 14.4 Å². The minimum Gasteiger partial charge on any atom is -0.317 e. The summed E-state index contributed by atoms with van der Waals surface area (Å²) in [6, 6.07) is 11.4. The summed E-state index contributed by atoms with van der Waals surface area (Å²) in [6.45, 7) is 1.29. The molecule has 3 amide bonds. The molecule has 0 fully saturated rings. The van der Waals surface area contributed by atoms with Crippen molar-refractivity contribution >= 4 is 45.8 Å². The highest BCUT2D eigenvalue weighted by atomic mass is 32.2. The zero-order chi connectivity index (χ0) is 17.4. The van der Waals surface area contributed by atoms with Gasteiger partial charge in [-0.3, -0.25) is 25.2 Å². The second-order valence-electron chi connectivity index (χ2n) is 4.76. The molecular weight excluding hydrogens is 346 g/mol. The smallest absolute Gasteiger partial charge is 0.272 e. The molecule has 1 heterocycles. The highest BCUT2D eigenvalue weighted by Gasteiger charge is 2.15. The molecule has 0 atom stereocenters. The zero-order valence-corrected chi connectivity index (χ0v) is 14.6. The van der Waals surface area contributed by atoms with Gasteiger partial charge in [0.2, 0.25) is 11.8 Å². The molecule has 0 bridgehead atoms. The second-order valence-corrected chi connectivity index (χ2v) is 6.84. The highest BCUT2D eigenvalue weighted by molar-refractivity contribution is 7.99. The van der Waals surface area contributed by atoms with Crippen LogP contribution in [-0.2, 0) is 9.59 Å². The Hall–Kier alpha value is -2.32. The summed E-state index contributed by atoms with van der Waals surface area (Å²) in [5, 5.41) is 4.91. The molecule has 3 N–H and O–H groups in total. The van der Waals surface area contributed by atoms with E-state index >= 15 is 0 Å². The van der Waals surface area contributed by atoms with E-state index < -0.39 is 5.91 Å². The quantitative estimate of drug-likeness (QED) is 0.544. The summed E-state index contributed by atoms with van der Waals surface area (Å²) in [5.41, 5.74) is 4.81. The van der Waals surface area contributed by atoms with E-state index in [0.717, 1.165) is 4.90 Å². The molecular formula is C16H17N3O3S2. The zero-order valence-electron chi connectivity index (χ0n) is 13.0. The average molecular weight is 363 g/mol. The summed E-state index contributed by atoms with van der Waals surface area (Å²) in [7, 11) is 0. The molecule has 2 aromatic rings. The number of carbonyl (C=O) groups excluding carboxylic acids is 3. The van der Waals surface area contributed by atoms with Crippen LogP contribution in [0, 0.1) is 0 Å². The fraction of sp³-hybridized carbons (Fsp3) is 0.188. The van der Waals surface area contributed by atoms with Crippen molar-refractivity contribution in [3.63, 3.8) is 0 Å². The Balaban J connectivity index is 1.82. The number of thioether (sulfide) groups is 1. The molecule has 0 saturated heterocycles. The van der Waals surface area contributed by atoms with Crippen LogP contribution < -0.4 is 16.2 Å². The molecule has 0 aliphatic carbocycles. The Bertz CT molecular complexity index is 716. The van der Waals surface area contributed by atoms with Crippen LogP contribution in [0.25, 0.3) is 0 Å². The lowest BCUT2D eigenvalue weighted by Gasteiger charge is -2.07. The summed E-state index contributed by atoms with van der Waals surface area (Å²) in [6.07, 6.45) is 0.338. The van der Waals surface area contributed by atoms with Crippen molar-refractivity contribution in [1.82, 2.24) is 10.9 Å². The van der Waals surface area contributed by atoms with Gasteiger partial charge in [-0.05, 0) is 23.6 Å². The molecule has 1 aromatic carbocycles. The maximum atomic E-state index is 12.0. The highest BCUT2D eigenvalue weighted by Crippen LogP contribution is 2.24. The van der Waals surface area contributed by atoms with Gasteiger partial charge in [-0.2, -0.15) is 0 Å². The van der Waals surface area contributed by atoms with E-state index in [0.29, 0.717) is 22.7 Å². The average Bonchev–Trinajstić information content (AvgIpc) is 3.01. The van der Waals surface area contributed by atoms with E-state index in [1.807, 2.05) is 30.3 Å². The number of benzene rings is 1. The van der Waals surface area contributed by atoms with Gasteiger partial charge in [0.25, 0.3) is 5.91 Å². The largest absolute Gasteiger partial charge is 0.317 e. The third-order valence-electron chi connectivity index (χ3n) is 2.86. The predicted octanol–water partition coefficient (Wildman–Crippen LogP) is 2.65.